The highest BCUT2D eigenvalue weighted by Gasteiger charge is 2.08. The minimum Gasteiger partial charge on any atom is -0.394 e. The van der Waals surface area contributed by atoms with Crippen LogP contribution in [0.5, 0.6) is 5.75 Å². The molecule has 2 rings (SSSR count). The van der Waals surface area contributed by atoms with Crippen LogP contribution in [0, 0.1) is 0 Å². The van der Waals surface area contributed by atoms with Gasteiger partial charge >= 0.3 is 0 Å². The van der Waals surface area contributed by atoms with Crippen molar-refractivity contribution in [3.8, 4) is 5.75 Å². The van der Waals surface area contributed by atoms with Crippen molar-refractivity contribution >= 4 is 17.0 Å². The Morgan fingerprint density at radius 3 is 2.16 bits per heavy atom. The van der Waals surface area contributed by atoms with Gasteiger partial charge < -0.3 is 4.84 Å². The molecule has 0 aliphatic carbocycles. The van der Waals surface area contributed by atoms with Crippen molar-refractivity contribution in [3.05, 3.63) is 65.7 Å². The van der Waals surface area contributed by atoms with Gasteiger partial charge in [0.15, 0.2) is 5.78 Å². The second-order valence-electron chi connectivity index (χ2n) is 3.65. The van der Waals surface area contributed by atoms with Crippen molar-refractivity contribution in [1.29, 1.82) is 0 Å². The number of benzene rings is 2. The van der Waals surface area contributed by atoms with Crippen LogP contribution in [0.25, 0.3) is 0 Å². The van der Waals surface area contributed by atoms with Gasteiger partial charge in [0.05, 0.1) is 0 Å². The maximum Gasteiger partial charge on any atom is 0.266 e. The lowest BCUT2D eigenvalue weighted by molar-refractivity contribution is 0.103. The van der Waals surface area contributed by atoms with E-state index < -0.39 is 11.3 Å². The van der Waals surface area contributed by atoms with E-state index in [2.05, 4.69) is 0 Å². The predicted octanol–water partition coefficient (Wildman–Crippen LogP) is 1.94. The topological polar surface area (TPSA) is 75.6 Å². The van der Waals surface area contributed by atoms with Gasteiger partial charge in [0.2, 0.25) is 0 Å². The molecule has 2 aromatic rings. The Kier molecular flexibility index (Phi) is 4.40. The zero-order chi connectivity index (χ0) is 13.7. The maximum absolute atomic E-state index is 12.1. The highest BCUT2D eigenvalue weighted by molar-refractivity contribution is 7.76. The molecule has 0 spiro atoms. The first kappa shape index (κ1) is 13.4. The smallest absolute Gasteiger partial charge is 0.266 e. The third-order valence-electron chi connectivity index (χ3n) is 2.38. The van der Waals surface area contributed by atoms with E-state index in [1.807, 2.05) is 11.0 Å². The fourth-order valence-electron chi connectivity index (χ4n) is 1.51. The second-order valence-corrected chi connectivity index (χ2v) is 4.32. The van der Waals surface area contributed by atoms with Gasteiger partial charge in [-0.3, -0.25) is 9.35 Å². The Morgan fingerprint density at radius 2 is 1.58 bits per heavy atom. The molecule has 0 bridgehead atoms. The standard InChI is InChI=1S/C13H11NO4S/c15-13(10-4-2-1-3-5-10)11-6-8-12(9-7-11)18-14-19(16)17/h1-9,14H,(H,16,17). The van der Waals surface area contributed by atoms with E-state index in [1.165, 1.54) is 12.1 Å². The van der Waals surface area contributed by atoms with Crippen LogP contribution < -0.4 is 9.72 Å². The predicted molar refractivity (Wildman–Crippen MR) is 70.9 cm³/mol. The van der Waals surface area contributed by atoms with Gasteiger partial charge in [0.1, 0.15) is 5.75 Å². The van der Waals surface area contributed by atoms with Crippen molar-refractivity contribution in [3.63, 3.8) is 0 Å². The third-order valence-corrected chi connectivity index (χ3v) is 2.61. The Hall–Kier alpha value is -2.02. The summed E-state index contributed by atoms with van der Waals surface area (Å²) in [5.41, 5.74) is 1.12. The van der Waals surface area contributed by atoms with Crippen LogP contribution in [0.15, 0.2) is 54.6 Å². The molecule has 0 saturated carbocycles. The van der Waals surface area contributed by atoms with Crippen molar-refractivity contribution in [2.75, 3.05) is 0 Å². The normalized spacial score (nSPS) is 11.8. The van der Waals surface area contributed by atoms with Crippen LogP contribution in [0.4, 0.5) is 0 Å². The summed E-state index contributed by atoms with van der Waals surface area (Å²) in [5, 5.41) is 0. The van der Waals surface area contributed by atoms with Crippen LogP contribution in [0.1, 0.15) is 15.9 Å². The van der Waals surface area contributed by atoms with Gasteiger partial charge in [-0.15, -0.1) is 0 Å². The number of rotatable bonds is 5. The minimum absolute atomic E-state index is 0.0918. The number of hydrogen-bond acceptors (Lipinski definition) is 3. The summed E-state index contributed by atoms with van der Waals surface area (Å²) >= 11 is -2.25. The summed E-state index contributed by atoms with van der Waals surface area (Å²) < 4.78 is 18.8. The molecule has 1 unspecified atom stereocenters. The number of hydrogen-bond donors (Lipinski definition) is 2. The van der Waals surface area contributed by atoms with Crippen molar-refractivity contribution in [1.82, 2.24) is 4.89 Å². The molecule has 0 heterocycles. The van der Waals surface area contributed by atoms with Gasteiger partial charge in [-0.05, 0) is 29.2 Å². The number of nitrogens with one attached hydrogen (secondary N) is 1. The van der Waals surface area contributed by atoms with E-state index in [0.29, 0.717) is 16.9 Å². The summed E-state index contributed by atoms with van der Waals surface area (Å²) in [6, 6.07) is 15.2. The number of carbonyl (C=O) groups excluding carboxylic acids is 1. The van der Waals surface area contributed by atoms with Crippen LogP contribution >= 0.6 is 0 Å². The van der Waals surface area contributed by atoms with Crippen molar-refractivity contribution < 1.29 is 18.4 Å². The largest absolute Gasteiger partial charge is 0.394 e. The lowest BCUT2D eigenvalue weighted by Gasteiger charge is -2.04. The van der Waals surface area contributed by atoms with E-state index in [-0.39, 0.29) is 5.78 Å². The van der Waals surface area contributed by atoms with Crippen LogP contribution in [-0.2, 0) is 11.3 Å². The average molecular weight is 277 g/mol. The van der Waals surface area contributed by atoms with E-state index in [0.717, 1.165) is 0 Å². The SMILES string of the molecule is O=C(c1ccccc1)c1ccc(ONS(=O)O)cc1. The molecule has 0 aliphatic heterocycles. The quantitative estimate of drug-likeness (QED) is 0.497. The molecule has 19 heavy (non-hydrogen) atoms. The molecule has 0 aliphatic rings. The first-order valence-electron chi connectivity index (χ1n) is 5.40. The highest BCUT2D eigenvalue weighted by atomic mass is 32.2. The Balaban J connectivity index is 2.10. The van der Waals surface area contributed by atoms with Gasteiger partial charge in [0.25, 0.3) is 11.3 Å². The molecule has 0 saturated heterocycles. The molecular weight excluding hydrogens is 266 g/mol. The number of carbonyl (C=O) groups is 1. The Morgan fingerprint density at radius 1 is 1.00 bits per heavy atom. The summed E-state index contributed by atoms with van der Waals surface area (Å²) in [6.45, 7) is 0. The molecule has 6 heteroatoms. The fourth-order valence-corrected chi connectivity index (χ4v) is 1.68. The molecule has 0 aromatic heterocycles. The first-order chi connectivity index (χ1) is 9.16. The third kappa shape index (κ3) is 3.72. The molecule has 1 atom stereocenters. The zero-order valence-corrected chi connectivity index (χ0v) is 10.6. The summed E-state index contributed by atoms with van der Waals surface area (Å²) in [7, 11) is 0. The van der Waals surface area contributed by atoms with Crippen molar-refractivity contribution in [2.45, 2.75) is 0 Å². The monoisotopic (exact) mass is 277 g/mol. The van der Waals surface area contributed by atoms with E-state index >= 15 is 0 Å². The molecular formula is C13H11NO4S. The van der Waals surface area contributed by atoms with Gasteiger partial charge in [-0.1, -0.05) is 30.3 Å². The molecule has 0 radical (unpaired) electrons. The van der Waals surface area contributed by atoms with Crippen LogP contribution in [0.3, 0.4) is 0 Å². The highest BCUT2D eigenvalue weighted by Crippen LogP contribution is 2.14. The van der Waals surface area contributed by atoms with Gasteiger partial charge in [0, 0.05) is 11.1 Å². The Labute approximate surface area is 112 Å². The molecule has 2 N–H and O–H groups in total. The fraction of sp³-hybridized carbons (Fsp3) is 0. The lowest BCUT2D eigenvalue weighted by atomic mass is 10.0. The molecule has 2 aromatic carbocycles. The van der Waals surface area contributed by atoms with E-state index in [9.17, 15) is 9.00 Å². The molecule has 0 amide bonds. The summed E-state index contributed by atoms with van der Waals surface area (Å²) in [4.78, 5) is 18.8. The number of ketones is 1. The second kappa shape index (κ2) is 6.24. The minimum atomic E-state index is -2.25. The van der Waals surface area contributed by atoms with Gasteiger partial charge in [-0.25, -0.2) is 4.21 Å². The molecule has 5 nitrogen and oxygen atoms in total. The zero-order valence-electron chi connectivity index (χ0n) is 9.78. The summed E-state index contributed by atoms with van der Waals surface area (Å²) in [5.74, 6) is 0.248. The van der Waals surface area contributed by atoms with E-state index in [4.69, 9.17) is 9.39 Å². The summed E-state index contributed by atoms with van der Waals surface area (Å²) in [6.07, 6.45) is 0. The molecule has 0 fully saturated rings. The van der Waals surface area contributed by atoms with Gasteiger partial charge in [-0.2, -0.15) is 0 Å². The van der Waals surface area contributed by atoms with Crippen molar-refractivity contribution in [2.24, 2.45) is 0 Å². The lowest BCUT2D eigenvalue weighted by Crippen LogP contribution is -2.20. The van der Waals surface area contributed by atoms with E-state index in [1.54, 1.807) is 36.4 Å². The van der Waals surface area contributed by atoms with Crippen LogP contribution in [0.2, 0.25) is 0 Å². The first-order valence-corrected chi connectivity index (χ1v) is 6.50. The average Bonchev–Trinajstić information content (AvgIpc) is 2.46. The Bertz CT molecular complexity index is 583. The molecule has 98 valence electrons. The maximum atomic E-state index is 12.1. The van der Waals surface area contributed by atoms with Crippen LogP contribution in [-0.4, -0.2) is 14.5 Å².